The number of aliphatic imine (C=N–C) groups is 1. The molecule has 0 aromatic carbocycles. The minimum absolute atomic E-state index is 0.627. The Hall–Kier alpha value is -2.22. The van der Waals surface area contributed by atoms with Crippen LogP contribution in [0.25, 0.3) is 0 Å². The average Bonchev–Trinajstić information content (AvgIpc) is 2.93. The fourth-order valence-electron chi connectivity index (χ4n) is 2.77. The third-order valence-corrected chi connectivity index (χ3v) is 5.18. The Bertz CT molecular complexity index is 690. The van der Waals surface area contributed by atoms with E-state index in [2.05, 4.69) is 36.7 Å². The molecule has 1 aliphatic rings. The SMILES string of the molecule is Cc1nc(C)c(CCN=C(N)N2CCN(c3ncccn3)CC2)s1. The van der Waals surface area contributed by atoms with Gasteiger partial charge in [0.2, 0.25) is 5.95 Å². The molecule has 128 valence electrons. The molecule has 3 heterocycles. The Morgan fingerprint density at radius 1 is 1.21 bits per heavy atom. The zero-order chi connectivity index (χ0) is 16.9. The molecule has 0 atom stereocenters. The molecule has 0 saturated carbocycles. The van der Waals surface area contributed by atoms with Crippen LogP contribution in [-0.4, -0.2) is 58.5 Å². The van der Waals surface area contributed by atoms with Gasteiger partial charge in [0, 0.05) is 56.4 Å². The minimum atomic E-state index is 0.627. The third-order valence-electron chi connectivity index (χ3n) is 4.05. The zero-order valence-corrected chi connectivity index (χ0v) is 15.0. The number of guanidine groups is 1. The van der Waals surface area contributed by atoms with Gasteiger partial charge in [-0.1, -0.05) is 0 Å². The molecule has 2 N–H and O–H groups in total. The predicted octanol–water partition coefficient (Wildman–Crippen LogP) is 1.23. The number of piperazine rings is 1. The average molecular weight is 345 g/mol. The number of thiazole rings is 1. The van der Waals surface area contributed by atoms with Crippen molar-refractivity contribution in [1.82, 2.24) is 19.9 Å². The Labute approximate surface area is 146 Å². The second-order valence-electron chi connectivity index (χ2n) is 5.75. The van der Waals surface area contributed by atoms with E-state index >= 15 is 0 Å². The number of nitrogens with zero attached hydrogens (tertiary/aromatic N) is 6. The molecule has 0 radical (unpaired) electrons. The summed E-state index contributed by atoms with van der Waals surface area (Å²) < 4.78 is 0. The lowest BCUT2D eigenvalue weighted by Crippen LogP contribution is -2.51. The summed E-state index contributed by atoms with van der Waals surface area (Å²) in [7, 11) is 0. The van der Waals surface area contributed by atoms with Gasteiger partial charge in [0.05, 0.1) is 10.7 Å². The molecule has 2 aromatic heterocycles. The summed E-state index contributed by atoms with van der Waals surface area (Å²) in [6, 6.07) is 1.83. The molecule has 0 spiro atoms. The quantitative estimate of drug-likeness (QED) is 0.663. The van der Waals surface area contributed by atoms with Gasteiger partial charge in [-0.05, 0) is 19.9 Å². The number of hydrogen-bond acceptors (Lipinski definition) is 6. The lowest BCUT2D eigenvalue weighted by Gasteiger charge is -2.35. The number of anilines is 1. The second-order valence-corrected chi connectivity index (χ2v) is 7.04. The molecule has 8 heteroatoms. The molecule has 24 heavy (non-hydrogen) atoms. The third kappa shape index (κ3) is 4.00. The maximum absolute atomic E-state index is 6.15. The Kier molecular flexibility index (Phi) is 5.24. The number of hydrogen-bond donors (Lipinski definition) is 1. The Morgan fingerprint density at radius 3 is 2.54 bits per heavy atom. The van der Waals surface area contributed by atoms with Crippen LogP contribution in [0.5, 0.6) is 0 Å². The van der Waals surface area contributed by atoms with Crippen molar-refractivity contribution in [2.45, 2.75) is 20.3 Å². The standard InChI is InChI=1S/C16H23N7S/c1-12-14(24-13(2)21-12)4-7-18-15(17)22-8-10-23(11-9-22)16-19-5-3-6-20-16/h3,5-6H,4,7-11H2,1-2H3,(H2,17,18). The lowest BCUT2D eigenvalue weighted by molar-refractivity contribution is 0.378. The number of nitrogens with two attached hydrogens (primary N) is 1. The normalized spacial score (nSPS) is 15.8. The van der Waals surface area contributed by atoms with E-state index in [1.54, 1.807) is 23.7 Å². The molecular weight excluding hydrogens is 322 g/mol. The van der Waals surface area contributed by atoms with Crippen LogP contribution >= 0.6 is 11.3 Å². The molecule has 0 aliphatic carbocycles. The summed E-state index contributed by atoms with van der Waals surface area (Å²) >= 11 is 1.74. The van der Waals surface area contributed by atoms with E-state index < -0.39 is 0 Å². The zero-order valence-electron chi connectivity index (χ0n) is 14.1. The summed E-state index contributed by atoms with van der Waals surface area (Å²) in [5.41, 5.74) is 7.27. The molecule has 2 aromatic rings. The van der Waals surface area contributed by atoms with Crippen molar-refractivity contribution in [2.24, 2.45) is 10.7 Å². The maximum Gasteiger partial charge on any atom is 0.225 e. The molecule has 7 nitrogen and oxygen atoms in total. The first-order valence-corrected chi connectivity index (χ1v) is 8.95. The highest BCUT2D eigenvalue weighted by atomic mass is 32.1. The lowest BCUT2D eigenvalue weighted by atomic mass is 10.3. The van der Waals surface area contributed by atoms with Gasteiger partial charge in [-0.3, -0.25) is 4.99 Å². The highest BCUT2D eigenvalue weighted by Gasteiger charge is 2.19. The summed E-state index contributed by atoms with van der Waals surface area (Å²) in [5, 5.41) is 1.11. The van der Waals surface area contributed by atoms with E-state index in [1.807, 2.05) is 13.0 Å². The monoisotopic (exact) mass is 345 g/mol. The van der Waals surface area contributed by atoms with E-state index in [0.29, 0.717) is 12.5 Å². The number of rotatable bonds is 4. The first kappa shape index (κ1) is 16.6. The summed E-state index contributed by atoms with van der Waals surface area (Å²) in [6.45, 7) is 8.18. The highest BCUT2D eigenvalue weighted by molar-refractivity contribution is 7.11. The molecule has 1 fully saturated rings. The number of aromatic nitrogens is 3. The van der Waals surface area contributed by atoms with Crippen molar-refractivity contribution < 1.29 is 0 Å². The van der Waals surface area contributed by atoms with Crippen molar-refractivity contribution in [3.63, 3.8) is 0 Å². The van der Waals surface area contributed by atoms with Gasteiger partial charge in [0.25, 0.3) is 0 Å². The van der Waals surface area contributed by atoms with Gasteiger partial charge in [0.1, 0.15) is 0 Å². The second kappa shape index (κ2) is 7.57. The van der Waals surface area contributed by atoms with Crippen LogP contribution in [0.3, 0.4) is 0 Å². The van der Waals surface area contributed by atoms with Gasteiger partial charge < -0.3 is 15.5 Å². The summed E-state index contributed by atoms with van der Waals surface area (Å²) in [6.07, 6.45) is 4.44. The van der Waals surface area contributed by atoms with Crippen LogP contribution in [0.1, 0.15) is 15.6 Å². The highest BCUT2D eigenvalue weighted by Crippen LogP contribution is 2.17. The van der Waals surface area contributed by atoms with Crippen LogP contribution in [0.4, 0.5) is 5.95 Å². The largest absolute Gasteiger partial charge is 0.370 e. The van der Waals surface area contributed by atoms with Crippen LogP contribution in [0.2, 0.25) is 0 Å². The molecule has 1 aliphatic heterocycles. The van der Waals surface area contributed by atoms with Crippen molar-refractivity contribution in [1.29, 1.82) is 0 Å². The first-order valence-electron chi connectivity index (χ1n) is 8.13. The van der Waals surface area contributed by atoms with Crippen LogP contribution < -0.4 is 10.6 Å². The Morgan fingerprint density at radius 2 is 1.92 bits per heavy atom. The van der Waals surface area contributed by atoms with Crippen LogP contribution in [0.15, 0.2) is 23.5 Å². The van der Waals surface area contributed by atoms with E-state index in [9.17, 15) is 0 Å². The van der Waals surface area contributed by atoms with Crippen LogP contribution in [-0.2, 0) is 6.42 Å². The fraction of sp³-hybridized carbons (Fsp3) is 0.500. The Balaban J connectivity index is 1.49. The topological polar surface area (TPSA) is 83.5 Å². The van der Waals surface area contributed by atoms with Crippen molar-refractivity contribution in [2.75, 3.05) is 37.6 Å². The van der Waals surface area contributed by atoms with Crippen molar-refractivity contribution in [3.8, 4) is 0 Å². The molecule has 0 bridgehead atoms. The van der Waals surface area contributed by atoms with E-state index in [1.165, 1.54) is 4.88 Å². The summed E-state index contributed by atoms with van der Waals surface area (Å²) in [4.78, 5) is 23.2. The smallest absolute Gasteiger partial charge is 0.225 e. The van der Waals surface area contributed by atoms with E-state index in [0.717, 1.165) is 49.2 Å². The molecular formula is C16H23N7S. The van der Waals surface area contributed by atoms with Crippen molar-refractivity contribution >= 4 is 23.2 Å². The van der Waals surface area contributed by atoms with Gasteiger partial charge in [0.15, 0.2) is 5.96 Å². The maximum atomic E-state index is 6.15. The van der Waals surface area contributed by atoms with Crippen LogP contribution in [0, 0.1) is 13.8 Å². The fourth-order valence-corrected chi connectivity index (χ4v) is 3.69. The van der Waals surface area contributed by atoms with Crippen molar-refractivity contribution in [3.05, 3.63) is 34.0 Å². The molecule has 3 rings (SSSR count). The molecule has 1 saturated heterocycles. The van der Waals surface area contributed by atoms with Gasteiger partial charge in [-0.25, -0.2) is 15.0 Å². The summed E-state index contributed by atoms with van der Waals surface area (Å²) in [5.74, 6) is 1.41. The predicted molar refractivity (Wildman–Crippen MR) is 97.6 cm³/mol. The first-order chi connectivity index (χ1) is 11.6. The van der Waals surface area contributed by atoms with Gasteiger partial charge in [-0.2, -0.15) is 0 Å². The van der Waals surface area contributed by atoms with Gasteiger partial charge >= 0.3 is 0 Å². The van der Waals surface area contributed by atoms with Gasteiger partial charge in [-0.15, -0.1) is 11.3 Å². The van der Waals surface area contributed by atoms with E-state index in [-0.39, 0.29) is 0 Å². The minimum Gasteiger partial charge on any atom is -0.370 e. The number of aryl methyl sites for hydroxylation is 2. The molecule has 0 amide bonds. The van der Waals surface area contributed by atoms with E-state index in [4.69, 9.17) is 5.73 Å². The molecule has 0 unspecified atom stereocenters.